The van der Waals surface area contributed by atoms with Gasteiger partial charge in [-0.15, -0.1) is 6.58 Å². The lowest BCUT2D eigenvalue weighted by atomic mass is 9.81. The highest BCUT2D eigenvalue weighted by molar-refractivity contribution is 6.39. The van der Waals surface area contributed by atoms with Gasteiger partial charge in [0.05, 0.1) is 24.9 Å². The number of cyclic esters (lactones) is 1. The number of fused-ring (bicyclic) bond motifs is 3. The number of piperidine rings is 1. The molecule has 5 rings (SSSR count). The van der Waals surface area contributed by atoms with Crippen LogP contribution in [-0.4, -0.2) is 115 Å². The van der Waals surface area contributed by atoms with Crippen molar-refractivity contribution in [3.05, 3.63) is 71.8 Å². The number of aliphatic hydroxyl groups is 1. The highest BCUT2D eigenvalue weighted by Crippen LogP contribution is 2.39. The molecule has 4 aliphatic rings. The van der Waals surface area contributed by atoms with Crippen LogP contribution in [0.5, 0.6) is 0 Å². The van der Waals surface area contributed by atoms with Crippen molar-refractivity contribution < 1.29 is 52.4 Å². The third kappa shape index (κ3) is 13.1. The van der Waals surface area contributed by atoms with Crippen LogP contribution < -0.4 is 5.32 Å². The van der Waals surface area contributed by atoms with Gasteiger partial charge in [-0.25, -0.2) is 9.18 Å². The molecule has 1 saturated carbocycles. The van der Waals surface area contributed by atoms with Crippen LogP contribution in [0, 0.1) is 29.6 Å². The lowest BCUT2D eigenvalue weighted by molar-refractivity contribution is -0.302. The zero-order valence-corrected chi connectivity index (χ0v) is 40.2. The number of allylic oxidation sites excluding steroid dienone is 3. The molecule has 14 atom stereocenters. The van der Waals surface area contributed by atoms with E-state index in [1.54, 1.807) is 32.9 Å². The number of nitrogens with one attached hydrogen (secondary N) is 1. The number of ether oxygens (including phenoxy) is 5. The van der Waals surface area contributed by atoms with Crippen LogP contribution in [0.1, 0.15) is 118 Å². The molecule has 2 saturated heterocycles. The molecule has 65 heavy (non-hydrogen) atoms. The molecule has 0 radical (unpaired) electrons. The number of amides is 1. The first-order valence-corrected chi connectivity index (χ1v) is 24.1. The van der Waals surface area contributed by atoms with Gasteiger partial charge in [0.25, 0.3) is 11.7 Å². The molecule has 0 spiro atoms. The first kappa shape index (κ1) is 52.4. The van der Waals surface area contributed by atoms with Crippen molar-refractivity contribution in [2.75, 3.05) is 27.4 Å². The second kappa shape index (κ2) is 24.4. The normalized spacial score (nSPS) is 37.3. The summed E-state index contributed by atoms with van der Waals surface area (Å²) in [6.07, 6.45) is 6.13. The fraction of sp³-hybridized carbons (Fsp3) is 0.692. The lowest BCUT2D eigenvalue weighted by Crippen LogP contribution is -2.64. The zero-order chi connectivity index (χ0) is 47.4. The van der Waals surface area contributed by atoms with Crippen LogP contribution in [0.25, 0.3) is 0 Å². The Kier molecular flexibility index (Phi) is 19.7. The van der Waals surface area contributed by atoms with Crippen molar-refractivity contribution in [2.45, 2.75) is 173 Å². The minimum atomic E-state index is -2.57. The quantitative estimate of drug-likeness (QED) is 0.127. The molecule has 3 aliphatic heterocycles. The van der Waals surface area contributed by atoms with Crippen LogP contribution in [0.3, 0.4) is 0 Å². The summed E-state index contributed by atoms with van der Waals surface area (Å²) in [5.41, 5.74) is 2.44. The predicted molar refractivity (Wildman–Crippen MR) is 247 cm³/mol. The number of Topliss-reactive ketones (excluding diaryl/α,β-unsaturated/α-hetero) is 2. The third-order valence-electron chi connectivity index (χ3n) is 14.5. The van der Waals surface area contributed by atoms with Crippen molar-refractivity contribution in [1.82, 2.24) is 10.2 Å². The fourth-order valence-corrected chi connectivity index (χ4v) is 10.5. The Hall–Kier alpha value is -3.59. The number of carbonyl (C=O) groups excluding carboxylic acids is 4. The van der Waals surface area contributed by atoms with Crippen molar-refractivity contribution in [2.24, 2.45) is 29.6 Å². The Labute approximate surface area is 387 Å². The summed E-state index contributed by atoms with van der Waals surface area (Å²) in [5, 5.41) is 15.8. The molecule has 0 aromatic heterocycles. The fourth-order valence-electron chi connectivity index (χ4n) is 10.5. The standard InChI is InChI=1S/C52H77FN2O10/c1-10-25-63-43-30-38(21-22-40(43)54-31-37-17-13-12-14-18-37)26-35(6)47-32(3)20-23-42(56)39(11-2)27-33(4)46(53)34(5)28-44(61-8)48-45(62-9)29-36(7)52(60,65-48)49(57)50(58)55-24-16-15-19-41(55)51(59)64-47/h10,12-14,17-18,26-27,32,34,36,38-41,43-48,54,60H,1,11,15-16,19-25,28-31H2,2-9H3/b33-27+,35-26?. The van der Waals surface area contributed by atoms with Crippen LogP contribution in [-0.2, 0) is 49.4 Å². The third-order valence-corrected chi connectivity index (χ3v) is 14.5. The van der Waals surface area contributed by atoms with E-state index in [9.17, 15) is 24.3 Å². The Morgan fingerprint density at radius 3 is 2.35 bits per heavy atom. The minimum absolute atomic E-state index is 0.0241. The van der Waals surface area contributed by atoms with Crippen molar-refractivity contribution in [3.8, 4) is 0 Å². The molecule has 362 valence electrons. The topological polar surface area (TPSA) is 150 Å². The van der Waals surface area contributed by atoms with Crippen LogP contribution in [0.15, 0.2) is 66.3 Å². The molecule has 1 amide bonds. The summed E-state index contributed by atoms with van der Waals surface area (Å²) in [6, 6.07) is 9.29. The van der Waals surface area contributed by atoms with Gasteiger partial charge < -0.3 is 39.0 Å². The Morgan fingerprint density at radius 2 is 1.68 bits per heavy atom. The van der Waals surface area contributed by atoms with Crippen molar-refractivity contribution in [1.29, 1.82) is 0 Å². The van der Waals surface area contributed by atoms with Gasteiger partial charge in [-0.05, 0) is 113 Å². The molecule has 1 aromatic carbocycles. The number of esters is 1. The smallest absolute Gasteiger partial charge is 0.329 e. The number of alkyl halides is 1. The van der Waals surface area contributed by atoms with Gasteiger partial charge in [-0.2, -0.15) is 0 Å². The molecule has 3 heterocycles. The zero-order valence-electron chi connectivity index (χ0n) is 40.2. The molecule has 1 aromatic rings. The number of hydrogen-bond donors (Lipinski definition) is 2. The van der Waals surface area contributed by atoms with Crippen LogP contribution in [0.2, 0.25) is 0 Å². The predicted octanol–water partition coefficient (Wildman–Crippen LogP) is 7.80. The number of ketones is 2. The van der Waals surface area contributed by atoms with E-state index in [2.05, 4.69) is 30.1 Å². The Morgan fingerprint density at radius 1 is 0.969 bits per heavy atom. The van der Waals surface area contributed by atoms with E-state index in [0.717, 1.165) is 31.4 Å². The Balaban J connectivity index is 1.47. The molecule has 2 bridgehead atoms. The molecule has 1 aliphatic carbocycles. The summed E-state index contributed by atoms with van der Waals surface area (Å²) in [6.45, 7) is 16.0. The van der Waals surface area contributed by atoms with E-state index >= 15 is 4.39 Å². The van der Waals surface area contributed by atoms with Gasteiger partial charge in [-0.3, -0.25) is 14.4 Å². The minimum Gasteiger partial charge on any atom is -0.456 e. The van der Waals surface area contributed by atoms with Crippen molar-refractivity contribution in [3.63, 3.8) is 0 Å². The summed E-state index contributed by atoms with van der Waals surface area (Å²) in [5.74, 6) is -7.67. The average molecular weight is 909 g/mol. The number of carbonyl (C=O) groups is 4. The van der Waals surface area contributed by atoms with Crippen molar-refractivity contribution >= 4 is 23.4 Å². The van der Waals surface area contributed by atoms with E-state index in [-0.39, 0.29) is 62.0 Å². The summed E-state index contributed by atoms with van der Waals surface area (Å²) < 4.78 is 47.0. The molecule has 13 heteroatoms. The van der Waals surface area contributed by atoms with Gasteiger partial charge >= 0.3 is 5.97 Å². The molecular weight excluding hydrogens is 832 g/mol. The molecular formula is C52H77FN2O10. The second-order valence-electron chi connectivity index (χ2n) is 19.3. The number of halogens is 1. The summed E-state index contributed by atoms with van der Waals surface area (Å²) in [7, 11) is 2.93. The number of benzene rings is 1. The highest BCUT2D eigenvalue weighted by Gasteiger charge is 2.56. The monoisotopic (exact) mass is 909 g/mol. The average Bonchev–Trinajstić information content (AvgIpc) is 3.31. The first-order valence-electron chi connectivity index (χ1n) is 24.1. The molecule has 2 N–H and O–H groups in total. The maximum atomic E-state index is 16.3. The van der Waals surface area contributed by atoms with Gasteiger partial charge in [0.1, 0.15) is 30.2 Å². The highest BCUT2D eigenvalue weighted by atomic mass is 19.1. The van der Waals surface area contributed by atoms with Crippen LogP contribution >= 0.6 is 0 Å². The largest absolute Gasteiger partial charge is 0.456 e. The summed E-state index contributed by atoms with van der Waals surface area (Å²) in [4.78, 5) is 58.4. The molecule has 14 unspecified atom stereocenters. The van der Waals surface area contributed by atoms with E-state index < -0.39 is 77.8 Å². The summed E-state index contributed by atoms with van der Waals surface area (Å²) >= 11 is 0. The molecule has 12 nitrogen and oxygen atoms in total. The number of hydrogen-bond acceptors (Lipinski definition) is 11. The van der Waals surface area contributed by atoms with Gasteiger partial charge in [0.15, 0.2) is 0 Å². The van der Waals surface area contributed by atoms with Gasteiger partial charge in [0.2, 0.25) is 5.79 Å². The number of rotatable bonds is 11. The van der Waals surface area contributed by atoms with E-state index in [1.807, 2.05) is 39.0 Å². The number of nitrogens with zero attached hydrogens (tertiary/aromatic N) is 1. The maximum absolute atomic E-state index is 16.3. The lowest BCUT2D eigenvalue weighted by Gasteiger charge is -2.47. The van der Waals surface area contributed by atoms with E-state index in [0.29, 0.717) is 37.9 Å². The molecule has 3 fully saturated rings. The van der Waals surface area contributed by atoms with Gasteiger partial charge in [-0.1, -0.05) is 76.3 Å². The van der Waals surface area contributed by atoms with Crippen LogP contribution in [0.4, 0.5) is 4.39 Å². The SMILES string of the molecule is C=CCOC1CC(C=C(C)C2OC(=O)C3CCCCN3C(=O)C(=O)C3(O)OC(C(OC)CC(C)C(F)/C(C)=C/C(CC)C(=O)CCC2C)C(OC)CC3C)CCC1NCc1ccccc1. The van der Waals surface area contributed by atoms with E-state index in [4.69, 9.17) is 23.7 Å². The maximum Gasteiger partial charge on any atom is 0.329 e. The van der Waals surface area contributed by atoms with E-state index in [1.165, 1.54) is 24.7 Å². The number of methoxy groups -OCH3 is 2. The first-order chi connectivity index (χ1) is 31.1. The second-order valence-corrected chi connectivity index (χ2v) is 19.3. The van der Waals surface area contributed by atoms with Gasteiger partial charge in [0, 0.05) is 51.6 Å². The Bertz CT molecular complexity index is 1820.